The summed E-state index contributed by atoms with van der Waals surface area (Å²) >= 11 is 1.55. The van der Waals surface area contributed by atoms with E-state index in [4.69, 9.17) is 9.97 Å². The number of H-pyrrole nitrogens is 1. The minimum absolute atomic E-state index is 0.0882. The van der Waals surface area contributed by atoms with Crippen LogP contribution in [0.1, 0.15) is 44.5 Å². The van der Waals surface area contributed by atoms with E-state index in [1.165, 1.54) is 6.92 Å². The summed E-state index contributed by atoms with van der Waals surface area (Å²) in [5.41, 5.74) is 3.72. The van der Waals surface area contributed by atoms with Crippen molar-refractivity contribution in [3.05, 3.63) is 54.0 Å². The van der Waals surface area contributed by atoms with Gasteiger partial charge in [0.2, 0.25) is 11.9 Å². The maximum atomic E-state index is 11.3. The second kappa shape index (κ2) is 11.5. The van der Waals surface area contributed by atoms with E-state index in [-0.39, 0.29) is 5.91 Å². The Bertz CT molecular complexity index is 1390. The highest BCUT2D eigenvalue weighted by Crippen LogP contribution is 2.30. The number of carbonyl (C=O) groups is 1. The van der Waals surface area contributed by atoms with Crippen molar-refractivity contribution in [3.63, 3.8) is 0 Å². The van der Waals surface area contributed by atoms with Gasteiger partial charge in [0.25, 0.3) is 0 Å². The highest BCUT2D eigenvalue weighted by atomic mass is 32.2. The van der Waals surface area contributed by atoms with E-state index < -0.39 is 0 Å². The van der Waals surface area contributed by atoms with Crippen LogP contribution >= 0.6 is 11.8 Å². The molecule has 1 aromatic carbocycles. The number of rotatable bonds is 9. The molecular weight excluding hydrogens is 498 g/mol. The zero-order valence-electron chi connectivity index (χ0n) is 22.4. The Morgan fingerprint density at radius 2 is 1.89 bits per heavy atom. The standard InChI is InChI=1S/C27H35N9OS/c1-5-18(2)23-14-24(33-32-23)30-27-31-26(38-22-8-6-20(7-9-22)28-19(3)37)15-25-29-21(17-36(25)27)16-35-12-10-34(4)11-13-35/h6-9,14-15,17-18H,5,10-13,16H2,1-4H3,(H,28,37)(H2,30,31,32,33). The molecule has 0 aliphatic carbocycles. The van der Waals surface area contributed by atoms with E-state index >= 15 is 0 Å². The molecule has 0 saturated carbocycles. The second-order valence-electron chi connectivity index (χ2n) is 9.91. The number of nitrogens with one attached hydrogen (secondary N) is 3. The number of aromatic amines is 1. The summed E-state index contributed by atoms with van der Waals surface area (Å²) in [6.45, 7) is 10.9. The van der Waals surface area contributed by atoms with Crippen LogP contribution in [-0.2, 0) is 11.3 Å². The first-order valence-corrected chi connectivity index (χ1v) is 13.9. The number of fused-ring (bicyclic) bond motifs is 1. The first-order valence-electron chi connectivity index (χ1n) is 13.0. The minimum atomic E-state index is -0.0882. The Morgan fingerprint density at radius 1 is 1.13 bits per heavy atom. The first kappa shape index (κ1) is 26.2. The summed E-state index contributed by atoms with van der Waals surface area (Å²) in [6.07, 6.45) is 3.11. The molecule has 0 bridgehead atoms. The first-order chi connectivity index (χ1) is 18.4. The lowest BCUT2D eigenvalue weighted by Gasteiger charge is -2.31. The molecule has 11 heteroatoms. The number of aromatic nitrogens is 5. The average Bonchev–Trinajstić information content (AvgIpc) is 3.53. The molecule has 4 aromatic rings. The molecule has 5 rings (SSSR count). The van der Waals surface area contributed by atoms with E-state index in [1.807, 2.05) is 40.8 Å². The normalized spacial score (nSPS) is 15.6. The van der Waals surface area contributed by atoms with Crippen molar-refractivity contribution in [2.45, 2.75) is 49.6 Å². The van der Waals surface area contributed by atoms with Crippen LogP contribution in [0.4, 0.5) is 17.5 Å². The molecule has 0 radical (unpaired) electrons. The number of benzene rings is 1. The predicted octanol–water partition coefficient (Wildman–Crippen LogP) is 4.57. The van der Waals surface area contributed by atoms with Crippen LogP contribution in [0.15, 0.2) is 52.5 Å². The van der Waals surface area contributed by atoms with Gasteiger partial charge in [-0.2, -0.15) is 5.10 Å². The van der Waals surface area contributed by atoms with Crippen molar-refractivity contribution >= 4 is 40.8 Å². The number of hydrogen-bond donors (Lipinski definition) is 3. The van der Waals surface area contributed by atoms with Crippen molar-refractivity contribution in [1.82, 2.24) is 34.4 Å². The minimum Gasteiger partial charge on any atom is -0.326 e. The van der Waals surface area contributed by atoms with Crippen LogP contribution in [0.3, 0.4) is 0 Å². The molecular formula is C27H35N9OS. The summed E-state index contributed by atoms with van der Waals surface area (Å²) in [4.78, 5) is 27.1. The molecule has 1 aliphatic rings. The van der Waals surface area contributed by atoms with Crippen LogP contribution < -0.4 is 10.6 Å². The van der Waals surface area contributed by atoms with Gasteiger partial charge in [0.1, 0.15) is 10.7 Å². The third kappa shape index (κ3) is 6.35. The van der Waals surface area contributed by atoms with E-state index in [0.717, 1.165) is 77.6 Å². The van der Waals surface area contributed by atoms with Gasteiger partial charge in [-0.15, -0.1) is 0 Å². The number of anilines is 3. The summed E-state index contributed by atoms with van der Waals surface area (Å²) in [5.74, 6) is 1.70. The summed E-state index contributed by atoms with van der Waals surface area (Å²) in [5, 5.41) is 14.7. The fourth-order valence-corrected chi connectivity index (χ4v) is 5.20. The zero-order valence-corrected chi connectivity index (χ0v) is 23.2. The Kier molecular flexibility index (Phi) is 7.96. The van der Waals surface area contributed by atoms with Crippen molar-refractivity contribution < 1.29 is 4.79 Å². The van der Waals surface area contributed by atoms with E-state index in [0.29, 0.717) is 11.9 Å². The van der Waals surface area contributed by atoms with Gasteiger partial charge >= 0.3 is 0 Å². The molecule has 0 spiro atoms. The van der Waals surface area contributed by atoms with Crippen LogP contribution in [-0.4, -0.2) is 73.5 Å². The molecule has 3 aromatic heterocycles. The van der Waals surface area contributed by atoms with Crippen LogP contribution in [0.5, 0.6) is 0 Å². The topological polar surface area (TPSA) is 106 Å². The molecule has 1 unspecified atom stereocenters. The highest BCUT2D eigenvalue weighted by Gasteiger charge is 2.18. The molecule has 3 N–H and O–H groups in total. The van der Waals surface area contributed by atoms with Gasteiger partial charge in [-0.3, -0.25) is 19.2 Å². The lowest BCUT2D eigenvalue weighted by molar-refractivity contribution is -0.114. The van der Waals surface area contributed by atoms with Crippen LogP contribution in [0.25, 0.3) is 5.65 Å². The molecule has 1 fully saturated rings. The van der Waals surface area contributed by atoms with Crippen molar-refractivity contribution in [2.24, 2.45) is 0 Å². The smallest absolute Gasteiger partial charge is 0.221 e. The third-order valence-electron chi connectivity index (χ3n) is 6.84. The largest absolute Gasteiger partial charge is 0.326 e. The van der Waals surface area contributed by atoms with Crippen molar-refractivity contribution in [3.8, 4) is 0 Å². The summed E-state index contributed by atoms with van der Waals surface area (Å²) in [7, 11) is 2.17. The second-order valence-corrected chi connectivity index (χ2v) is 11.0. The van der Waals surface area contributed by atoms with Gasteiger partial charge in [0, 0.05) is 74.3 Å². The Balaban J connectivity index is 1.43. The van der Waals surface area contributed by atoms with E-state index in [1.54, 1.807) is 11.8 Å². The van der Waals surface area contributed by atoms with E-state index in [9.17, 15) is 4.79 Å². The third-order valence-corrected chi connectivity index (χ3v) is 7.77. The molecule has 1 atom stereocenters. The fourth-order valence-electron chi connectivity index (χ4n) is 4.39. The number of hydrogen-bond acceptors (Lipinski definition) is 8. The summed E-state index contributed by atoms with van der Waals surface area (Å²) in [6, 6.07) is 11.8. The molecule has 1 aliphatic heterocycles. The van der Waals surface area contributed by atoms with Gasteiger partial charge < -0.3 is 15.5 Å². The zero-order chi connectivity index (χ0) is 26.6. The van der Waals surface area contributed by atoms with E-state index in [2.05, 4.69) is 57.7 Å². The van der Waals surface area contributed by atoms with Gasteiger partial charge in [0.05, 0.1) is 5.69 Å². The molecule has 38 heavy (non-hydrogen) atoms. The molecule has 1 amide bonds. The number of carbonyl (C=O) groups excluding carboxylic acids is 1. The summed E-state index contributed by atoms with van der Waals surface area (Å²) < 4.78 is 2.01. The maximum Gasteiger partial charge on any atom is 0.221 e. The number of nitrogens with zero attached hydrogens (tertiary/aromatic N) is 6. The average molecular weight is 534 g/mol. The lowest BCUT2D eigenvalue weighted by atomic mass is 10.1. The number of piperazine rings is 1. The van der Waals surface area contributed by atoms with Gasteiger partial charge in [-0.25, -0.2) is 9.97 Å². The monoisotopic (exact) mass is 533 g/mol. The van der Waals surface area contributed by atoms with Crippen molar-refractivity contribution in [2.75, 3.05) is 43.9 Å². The molecule has 1 saturated heterocycles. The number of amides is 1. The molecule has 10 nitrogen and oxygen atoms in total. The Hall–Kier alpha value is -3.41. The molecule has 200 valence electrons. The van der Waals surface area contributed by atoms with Crippen LogP contribution in [0.2, 0.25) is 0 Å². The van der Waals surface area contributed by atoms with Gasteiger partial charge in [0.15, 0.2) is 5.82 Å². The van der Waals surface area contributed by atoms with Crippen molar-refractivity contribution in [1.29, 1.82) is 0 Å². The van der Waals surface area contributed by atoms with Gasteiger partial charge in [-0.1, -0.05) is 25.6 Å². The van der Waals surface area contributed by atoms with Gasteiger partial charge in [-0.05, 0) is 43.7 Å². The number of likely N-dealkylation sites (N-methyl/N-ethyl adjacent to an activating group) is 1. The lowest BCUT2D eigenvalue weighted by Crippen LogP contribution is -2.43. The Labute approximate surface area is 227 Å². The SMILES string of the molecule is CCC(C)c1cc(Nc2nc(Sc3ccc(NC(C)=O)cc3)cc3nc(CN4CCN(C)CC4)cn23)n[nH]1. The highest BCUT2D eigenvalue weighted by molar-refractivity contribution is 7.99. The number of imidazole rings is 1. The predicted molar refractivity (Wildman–Crippen MR) is 151 cm³/mol. The maximum absolute atomic E-state index is 11.3. The van der Waals surface area contributed by atoms with Crippen LogP contribution in [0, 0.1) is 0 Å². The Morgan fingerprint density at radius 3 is 2.61 bits per heavy atom. The quantitative estimate of drug-likeness (QED) is 0.269. The molecule has 4 heterocycles. The fraction of sp³-hybridized carbons (Fsp3) is 0.407.